The number of carbonyl (C=O) groups is 2. The van der Waals surface area contributed by atoms with E-state index in [2.05, 4.69) is 10.6 Å². The highest BCUT2D eigenvalue weighted by Gasteiger charge is 2.09. The minimum absolute atomic E-state index is 0.114. The van der Waals surface area contributed by atoms with E-state index >= 15 is 0 Å². The molecule has 0 unspecified atom stereocenters. The zero-order valence-electron chi connectivity index (χ0n) is 8.51. The zero-order chi connectivity index (χ0) is 12.1. The van der Waals surface area contributed by atoms with E-state index in [1.165, 1.54) is 6.92 Å². The molecule has 1 aromatic rings. The third-order valence-electron chi connectivity index (χ3n) is 1.73. The van der Waals surface area contributed by atoms with Crippen molar-refractivity contribution in [3.63, 3.8) is 0 Å². The third-order valence-corrected chi connectivity index (χ3v) is 2.36. The minimum atomic E-state index is -0.384. The van der Waals surface area contributed by atoms with Gasteiger partial charge in [-0.25, -0.2) is 0 Å². The lowest BCUT2D eigenvalue weighted by molar-refractivity contribution is -0.122. The Kier molecular flexibility index (Phi) is 4.58. The Labute approximate surface area is 103 Å². The van der Waals surface area contributed by atoms with E-state index in [0.29, 0.717) is 15.7 Å². The minimum Gasteiger partial charge on any atom is -0.347 e. The molecule has 0 aliphatic heterocycles. The normalized spacial score (nSPS) is 9.69. The van der Waals surface area contributed by atoms with Crippen LogP contribution < -0.4 is 10.6 Å². The first-order valence-corrected chi connectivity index (χ1v) is 5.24. The predicted octanol–water partition coefficient (Wildman–Crippen LogP) is 2.07. The quantitative estimate of drug-likeness (QED) is 0.875. The zero-order valence-corrected chi connectivity index (χ0v) is 10.0. The topological polar surface area (TPSA) is 58.2 Å². The molecule has 0 spiro atoms. The first kappa shape index (κ1) is 12.8. The Morgan fingerprint density at radius 1 is 1.25 bits per heavy atom. The lowest BCUT2D eigenvalue weighted by Gasteiger charge is -2.08. The molecule has 16 heavy (non-hydrogen) atoms. The molecule has 0 aliphatic rings. The molecule has 2 N–H and O–H groups in total. The van der Waals surface area contributed by atoms with Gasteiger partial charge in [-0.15, -0.1) is 0 Å². The van der Waals surface area contributed by atoms with Crippen molar-refractivity contribution >= 4 is 40.7 Å². The van der Waals surface area contributed by atoms with Gasteiger partial charge < -0.3 is 10.6 Å². The number of carbonyl (C=O) groups excluding carboxylic acids is 2. The fourth-order valence-corrected chi connectivity index (χ4v) is 1.50. The van der Waals surface area contributed by atoms with Gasteiger partial charge in [0.05, 0.1) is 22.3 Å². The number of amides is 2. The molecule has 0 aliphatic carbocycles. The van der Waals surface area contributed by atoms with Crippen molar-refractivity contribution in [1.29, 1.82) is 0 Å². The van der Waals surface area contributed by atoms with Crippen LogP contribution in [0.5, 0.6) is 0 Å². The van der Waals surface area contributed by atoms with E-state index in [1.54, 1.807) is 18.2 Å². The molecule has 0 heterocycles. The van der Waals surface area contributed by atoms with Gasteiger partial charge >= 0.3 is 0 Å². The molecule has 1 rings (SSSR count). The molecule has 1 aromatic carbocycles. The van der Waals surface area contributed by atoms with Crippen molar-refractivity contribution < 1.29 is 9.59 Å². The summed E-state index contributed by atoms with van der Waals surface area (Å²) < 4.78 is 0. The molecule has 2 amide bonds. The van der Waals surface area contributed by atoms with Crippen molar-refractivity contribution in [2.45, 2.75) is 6.92 Å². The molecule has 0 aromatic heterocycles. The molecule has 0 radical (unpaired) electrons. The third kappa shape index (κ3) is 3.72. The van der Waals surface area contributed by atoms with Crippen molar-refractivity contribution in [2.75, 3.05) is 11.9 Å². The Bertz CT molecular complexity index is 401. The summed E-state index contributed by atoms with van der Waals surface area (Å²) in [6.07, 6.45) is 0. The molecular weight excluding hydrogens is 251 g/mol. The highest BCUT2D eigenvalue weighted by Crippen LogP contribution is 2.29. The number of anilines is 1. The summed E-state index contributed by atoms with van der Waals surface area (Å²) in [5.41, 5.74) is 0.348. The average Bonchev–Trinajstić information content (AvgIpc) is 2.21. The molecule has 0 saturated carbocycles. The van der Waals surface area contributed by atoms with Gasteiger partial charge in [0.15, 0.2) is 0 Å². The number of para-hydroxylation sites is 1. The lowest BCUT2D eigenvalue weighted by Crippen LogP contribution is -2.31. The van der Waals surface area contributed by atoms with Crippen molar-refractivity contribution in [2.24, 2.45) is 0 Å². The Morgan fingerprint density at radius 3 is 2.31 bits per heavy atom. The van der Waals surface area contributed by atoms with Crippen LogP contribution in [0.15, 0.2) is 18.2 Å². The lowest BCUT2D eigenvalue weighted by atomic mass is 10.3. The van der Waals surface area contributed by atoms with Gasteiger partial charge in [0.25, 0.3) is 0 Å². The summed E-state index contributed by atoms with van der Waals surface area (Å²) >= 11 is 11.7. The van der Waals surface area contributed by atoms with Crippen LogP contribution in [0.3, 0.4) is 0 Å². The SMILES string of the molecule is CC(=O)NCC(=O)Nc1c(Cl)cccc1Cl. The van der Waals surface area contributed by atoms with Gasteiger partial charge in [-0.1, -0.05) is 29.3 Å². The predicted molar refractivity (Wildman–Crippen MR) is 63.8 cm³/mol. The number of halogens is 2. The molecule has 0 fully saturated rings. The smallest absolute Gasteiger partial charge is 0.243 e. The first-order valence-electron chi connectivity index (χ1n) is 4.49. The second-order valence-corrected chi connectivity index (χ2v) is 3.87. The van der Waals surface area contributed by atoms with Gasteiger partial charge in [-0.2, -0.15) is 0 Å². The van der Waals surface area contributed by atoms with Gasteiger partial charge in [0, 0.05) is 6.92 Å². The molecule has 86 valence electrons. The first-order chi connectivity index (χ1) is 7.50. The summed E-state index contributed by atoms with van der Waals surface area (Å²) in [6, 6.07) is 4.90. The van der Waals surface area contributed by atoms with Crippen LogP contribution in [-0.2, 0) is 9.59 Å². The van der Waals surface area contributed by atoms with Crippen LogP contribution in [0.25, 0.3) is 0 Å². The van der Waals surface area contributed by atoms with Crippen molar-refractivity contribution in [3.05, 3.63) is 28.2 Å². The summed E-state index contributed by atoms with van der Waals surface area (Å²) in [7, 11) is 0. The second kappa shape index (κ2) is 5.72. The van der Waals surface area contributed by atoms with Crippen molar-refractivity contribution in [3.8, 4) is 0 Å². The summed E-state index contributed by atoms with van der Waals surface area (Å²) in [4.78, 5) is 22.0. The Balaban J connectivity index is 2.66. The number of nitrogens with one attached hydrogen (secondary N) is 2. The maximum absolute atomic E-state index is 11.4. The molecule has 0 atom stereocenters. The van der Waals surface area contributed by atoms with Crippen LogP contribution in [-0.4, -0.2) is 18.4 Å². The van der Waals surface area contributed by atoms with E-state index in [4.69, 9.17) is 23.2 Å². The van der Waals surface area contributed by atoms with Gasteiger partial charge in [0.2, 0.25) is 11.8 Å². The number of rotatable bonds is 3. The Morgan fingerprint density at radius 2 is 1.81 bits per heavy atom. The van der Waals surface area contributed by atoms with Gasteiger partial charge in [-0.05, 0) is 12.1 Å². The molecular formula is C10H10Cl2N2O2. The highest BCUT2D eigenvalue weighted by atomic mass is 35.5. The fourth-order valence-electron chi connectivity index (χ4n) is 1.01. The monoisotopic (exact) mass is 260 g/mol. The maximum Gasteiger partial charge on any atom is 0.243 e. The molecule has 6 heteroatoms. The van der Waals surface area contributed by atoms with Crippen LogP contribution in [0.2, 0.25) is 10.0 Å². The summed E-state index contributed by atoms with van der Waals surface area (Å²) in [5.74, 6) is -0.661. The van der Waals surface area contributed by atoms with Crippen LogP contribution in [0.1, 0.15) is 6.92 Å². The summed E-state index contributed by atoms with van der Waals surface area (Å²) in [5, 5.41) is 5.58. The number of benzene rings is 1. The largest absolute Gasteiger partial charge is 0.347 e. The van der Waals surface area contributed by atoms with E-state index in [0.717, 1.165) is 0 Å². The van der Waals surface area contributed by atoms with Crippen LogP contribution in [0, 0.1) is 0 Å². The van der Waals surface area contributed by atoms with E-state index in [1.807, 2.05) is 0 Å². The highest BCUT2D eigenvalue weighted by molar-refractivity contribution is 6.39. The second-order valence-electron chi connectivity index (χ2n) is 3.05. The van der Waals surface area contributed by atoms with Gasteiger partial charge in [-0.3, -0.25) is 9.59 Å². The van der Waals surface area contributed by atoms with E-state index in [9.17, 15) is 9.59 Å². The van der Waals surface area contributed by atoms with E-state index < -0.39 is 0 Å². The van der Waals surface area contributed by atoms with Crippen molar-refractivity contribution in [1.82, 2.24) is 5.32 Å². The standard InChI is InChI=1S/C10H10Cl2N2O2/c1-6(15)13-5-9(16)14-10-7(11)3-2-4-8(10)12/h2-4H,5H2,1H3,(H,13,15)(H,14,16). The Hall–Kier alpha value is -1.26. The van der Waals surface area contributed by atoms with Crippen LogP contribution >= 0.6 is 23.2 Å². The number of hydrogen-bond donors (Lipinski definition) is 2. The number of hydrogen-bond acceptors (Lipinski definition) is 2. The van der Waals surface area contributed by atoms with E-state index in [-0.39, 0.29) is 18.4 Å². The molecule has 0 saturated heterocycles. The maximum atomic E-state index is 11.4. The summed E-state index contributed by atoms with van der Waals surface area (Å²) in [6.45, 7) is 1.21. The van der Waals surface area contributed by atoms with Crippen LogP contribution in [0.4, 0.5) is 5.69 Å². The average molecular weight is 261 g/mol. The van der Waals surface area contributed by atoms with Gasteiger partial charge in [0.1, 0.15) is 0 Å². The fraction of sp³-hybridized carbons (Fsp3) is 0.200. The molecule has 0 bridgehead atoms. The molecule has 4 nitrogen and oxygen atoms in total.